The third-order valence-electron chi connectivity index (χ3n) is 2.40. The molecular weight excluding hydrogens is 370 g/mol. The summed E-state index contributed by atoms with van der Waals surface area (Å²) in [5.74, 6) is -0.303. The summed E-state index contributed by atoms with van der Waals surface area (Å²) >= 11 is 12.6. The van der Waals surface area contributed by atoms with Crippen LogP contribution in [-0.4, -0.2) is 0 Å². The number of hydrogen-bond donors (Lipinski definition) is 0. The van der Waals surface area contributed by atoms with Gasteiger partial charge in [0.1, 0.15) is 5.82 Å². The van der Waals surface area contributed by atoms with Crippen LogP contribution in [0.5, 0.6) is 0 Å². The van der Waals surface area contributed by atoms with Gasteiger partial charge in [-0.1, -0.05) is 61.7 Å². The lowest BCUT2D eigenvalue weighted by Crippen LogP contribution is -1.96. The molecule has 4 heteroatoms. The second-order valence-corrected chi connectivity index (χ2v) is 5.85. The first-order valence-corrected chi connectivity index (χ1v) is 7.01. The van der Waals surface area contributed by atoms with Crippen molar-refractivity contribution < 1.29 is 4.39 Å². The fourth-order valence-electron chi connectivity index (χ4n) is 1.52. The third-order valence-corrected chi connectivity index (χ3v) is 4.18. The Bertz CT molecular complexity index is 525. The first-order chi connectivity index (χ1) is 8.08. The van der Waals surface area contributed by atoms with Gasteiger partial charge in [0.2, 0.25) is 0 Å². The van der Waals surface area contributed by atoms with Gasteiger partial charge >= 0.3 is 0 Å². The molecule has 1 atom stereocenters. The van der Waals surface area contributed by atoms with E-state index >= 15 is 0 Å². The zero-order valence-corrected chi connectivity index (χ0v) is 12.6. The molecule has 0 aromatic heterocycles. The van der Waals surface area contributed by atoms with Gasteiger partial charge in [0.15, 0.2) is 0 Å². The number of benzene rings is 2. The van der Waals surface area contributed by atoms with Crippen molar-refractivity contribution in [3.8, 4) is 0 Å². The Morgan fingerprint density at radius 1 is 1.06 bits per heavy atom. The maximum atomic E-state index is 13.7. The maximum Gasteiger partial charge on any atom is 0.129 e. The van der Waals surface area contributed by atoms with Crippen LogP contribution in [0.15, 0.2) is 46.9 Å². The molecule has 0 aliphatic heterocycles. The fourth-order valence-corrected chi connectivity index (χ4v) is 2.62. The molecule has 17 heavy (non-hydrogen) atoms. The van der Waals surface area contributed by atoms with Crippen LogP contribution in [-0.2, 0) is 0 Å². The highest BCUT2D eigenvalue weighted by Gasteiger charge is 2.14. The minimum absolute atomic E-state index is 0.173. The molecule has 1 unspecified atom stereocenters. The molecular formula is C13H8Br2ClF. The van der Waals surface area contributed by atoms with E-state index in [-0.39, 0.29) is 10.6 Å². The predicted octanol–water partition coefficient (Wildman–Crippen LogP) is 5.73. The van der Waals surface area contributed by atoms with Crippen LogP contribution >= 0.6 is 43.5 Å². The SMILES string of the molecule is Fc1cc(Cl)ccc1C(Br)c1ccc(Br)cc1. The minimum atomic E-state index is -0.303. The summed E-state index contributed by atoms with van der Waals surface area (Å²) in [6.07, 6.45) is 0. The van der Waals surface area contributed by atoms with Crippen LogP contribution in [0.25, 0.3) is 0 Å². The van der Waals surface area contributed by atoms with E-state index in [2.05, 4.69) is 31.9 Å². The van der Waals surface area contributed by atoms with Crippen molar-refractivity contribution in [2.24, 2.45) is 0 Å². The van der Waals surface area contributed by atoms with Gasteiger partial charge in [0.05, 0.1) is 4.83 Å². The second kappa shape index (κ2) is 5.51. The zero-order chi connectivity index (χ0) is 12.4. The summed E-state index contributed by atoms with van der Waals surface area (Å²) in [6, 6.07) is 12.4. The number of alkyl halides is 1. The molecule has 0 nitrogen and oxygen atoms in total. The first-order valence-electron chi connectivity index (χ1n) is 4.92. The molecule has 0 fully saturated rings. The van der Waals surface area contributed by atoms with E-state index < -0.39 is 0 Å². The molecule has 0 radical (unpaired) electrons. The standard InChI is InChI=1S/C13H8Br2ClF/c14-9-3-1-8(2-4-9)13(15)11-6-5-10(16)7-12(11)17/h1-7,13H. The lowest BCUT2D eigenvalue weighted by Gasteiger charge is -2.12. The smallest absolute Gasteiger partial charge is 0.129 e. The summed E-state index contributed by atoms with van der Waals surface area (Å²) in [5, 5.41) is 0.404. The number of halogens is 4. The van der Waals surface area contributed by atoms with Crippen LogP contribution in [0.3, 0.4) is 0 Å². The van der Waals surface area contributed by atoms with Crippen molar-refractivity contribution in [2.75, 3.05) is 0 Å². The monoisotopic (exact) mass is 376 g/mol. The van der Waals surface area contributed by atoms with Crippen LogP contribution in [0, 0.1) is 5.82 Å². The molecule has 0 saturated carbocycles. The van der Waals surface area contributed by atoms with Crippen molar-refractivity contribution in [3.05, 3.63) is 68.9 Å². The Balaban J connectivity index is 2.36. The maximum absolute atomic E-state index is 13.7. The molecule has 0 bridgehead atoms. The average Bonchev–Trinajstić information content (AvgIpc) is 2.29. The Morgan fingerprint density at radius 2 is 1.71 bits per heavy atom. The molecule has 2 aromatic rings. The lowest BCUT2D eigenvalue weighted by atomic mass is 10.0. The highest BCUT2D eigenvalue weighted by atomic mass is 79.9. The number of hydrogen-bond acceptors (Lipinski definition) is 0. The highest BCUT2D eigenvalue weighted by molar-refractivity contribution is 9.10. The topological polar surface area (TPSA) is 0 Å². The normalized spacial score (nSPS) is 12.5. The van der Waals surface area contributed by atoms with E-state index in [4.69, 9.17) is 11.6 Å². The lowest BCUT2D eigenvalue weighted by molar-refractivity contribution is 0.613. The number of rotatable bonds is 2. The molecule has 0 aliphatic rings. The van der Waals surface area contributed by atoms with E-state index in [1.807, 2.05) is 24.3 Å². The van der Waals surface area contributed by atoms with Gasteiger partial charge in [-0.15, -0.1) is 0 Å². The van der Waals surface area contributed by atoms with Crippen LogP contribution in [0.2, 0.25) is 5.02 Å². The summed E-state index contributed by atoms with van der Waals surface area (Å²) in [7, 11) is 0. The van der Waals surface area contributed by atoms with Gasteiger partial charge in [0, 0.05) is 15.1 Å². The quantitative estimate of drug-likeness (QED) is 0.586. The van der Waals surface area contributed by atoms with Gasteiger partial charge in [-0.3, -0.25) is 0 Å². The molecule has 0 N–H and O–H groups in total. The van der Waals surface area contributed by atoms with Crippen LogP contribution in [0.1, 0.15) is 16.0 Å². The molecule has 2 aromatic carbocycles. The predicted molar refractivity (Wildman–Crippen MR) is 76.3 cm³/mol. The summed E-state index contributed by atoms with van der Waals surface area (Å²) in [4.78, 5) is -0.173. The van der Waals surface area contributed by atoms with E-state index in [0.717, 1.165) is 10.0 Å². The molecule has 88 valence electrons. The molecule has 0 spiro atoms. The Kier molecular flexibility index (Phi) is 4.23. The van der Waals surface area contributed by atoms with Crippen molar-refractivity contribution in [3.63, 3.8) is 0 Å². The van der Waals surface area contributed by atoms with E-state index in [9.17, 15) is 4.39 Å². The molecule has 0 heterocycles. The Hall–Kier alpha value is -0.380. The third kappa shape index (κ3) is 3.09. The van der Waals surface area contributed by atoms with Crippen LogP contribution < -0.4 is 0 Å². The van der Waals surface area contributed by atoms with Gasteiger partial charge in [0.25, 0.3) is 0 Å². The Morgan fingerprint density at radius 3 is 2.29 bits per heavy atom. The van der Waals surface area contributed by atoms with Crippen molar-refractivity contribution in [2.45, 2.75) is 4.83 Å². The zero-order valence-electron chi connectivity index (χ0n) is 8.63. The molecule has 0 amide bonds. The molecule has 0 aliphatic carbocycles. The fraction of sp³-hybridized carbons (Fsp3) is 0.0769. The van der Waals surface area contributed by atoms with Gasteiger partial charge in [-0.05, 0) is 29.8 Å². The van der Waals surface area contributed by atoms with E-state index in [1.54, 1.807) is 12.1 Å². The average molecular weight is 378 g/mol. The van der Waals surface area contributed by atoms with E-state index in [0.29, 0.717) is 10.6 Å². The van der Waals surface area contributed by atoms with E-state index in [1.165, 1.54) is 6.07 Å². The minimum Gasteiger partial charge on any atom is -0.207 e. The van der Waals surface area contributed by atoms with Crippen molar-refractivity contribution in [1.29, 1.82) is 0 Å². The Labute approximate surface area is 121 Å². The molecule has 0 saturated heterocycles. The largest absolute Gasteiger partial charge is 0.207 e. The summed E-state index contributed by atoms with van der Waals surface area (Å²) in [5.41, 5.74) is 1.58. The van der Waals surface area contributed by atoms with Gasteiger partial charge < -0.3 is 0 Å². The van der Waals surface area contributed by atoms with Crippen molar-refractivity contribution in [1.82, 2.24) is 0 Å². The van der Waals surface area contributed by atoms with Gasteiger partial charge in [-0.2, -0.15) is 0 Å². The summed E-state index contributed by atoms with van der Waals surface area (Å²) < 4.78 is 14.7. The van der Waals surface area contributed by atoms with Crippen LogP contribution in [0.4, 0.5) is 4.39 Å². The molecule has 2 rings (SSSR count). The van der Waals surface area contributed by atoms with Crippen molar-refractivity contribution >= 4 is 43.5 Å². The summed E-state index contributed by atoms with van der Waals surface area (Å²) in [6.45, 7) is 0. The second-order valence-electron chi connectivity index (χ2n) is 3.58. The first kappa shape index (κ1) is 13.1. The van der Waals surface area contributed by atoms with Gasteiger partial charge in [-0.25, -0.2) is 4.39 Å². The highest BCUT2D eigenvalue weighted by Crippen LogP contribution is 2.33.